The van der Waals surface area contributed by atoms with Crippen LogP contribution in [-0.4, -0.2) is 33.5 Å². The van der Waals surface area contributed by atoms with Gasteiger partial charge in [-0.2, -0.15) is 0 Å². The number of anilines is 1. The van der Waals surface area contributed by atoms with Crippen LogP contribution in [0.1, 0.15) is 38.2 Å². The largest absolute Gasteiger partial charge is 0.492 e. The average molecular weight is 443 g/mol. The van der Waals surface area contributed by atoms with Gasteiger partial charge in [0.15, 0.2) is 0 Å². The van der Waals surface area contributed by atoms with Crippen molar-refractivity contribution in [3.63, 3.8) is 0 Å². The molecule has 2 aliphatic carbocycles. The minimum absolute atomic E-state index is 0.150. The molecule has 4 rings (SSSR count). The molecule has 0 aromatic heterocycles. The lowest BCUT2D eigenvalue weighted by Gasteiger charge is -2.28. The maximum absolute atomic E-state index is 13.6. The second kappa shape index (κ2) is 8.91. The molecular weight excluding hydrogens is 412 g/mol. The Balaban J connectivity index is 1.64. The van der Waals surface area contributed by atoms with E-state index in [4.69, 9.17) is 4.74 Å². The third kappa shape index (κ3) is 4.56. The quantitative estimate of drug-likeness (QED) is 0.673. The van der Waals surface area contributed by atoms with Crippen molar-refractivity contribution in [1.82, 2.24) is 5.32 Å². The van der Waals surface area contributed by atoms with Crippen LogP contribution in [0.2, 0.25) is 0 Å². The van der Waals surface area contributed by atoms with Gasteiger partial charge in [-0.3, -0.25) is 9.10 Å². The van der Waals surface area contributed by atoms with Crippen LogP contribution in [0.15, 0.2) is 53.4 Å². The molecule has 1 amide bonds. The van der Waals surface area contributed by atoms with Crippen LogP contribution in [0.3, 0.4) is 0 Å². The molecule has 2 fully saturated rings. The van der Waals surface area contributed by atoms with E-state index in [1.54, 1.807) is 48.5 Å². The maximum Gasteiger partial charge on any atom is 0.264 e. The second-order valence-electron chi connectivity index (χ2n) is 8.57. The summed E-state index contributed by atoms with van der Waals surface area (Å²) in [6, 6.07) is 13.8. The fourth-order valence-electron chi connectivity index (χ4n) is 4.88. The first kappa shape index (κ1) is 21.7. The second-order valence-corrected chi connectivity index (χ2v) is 10.4. The van der Waals surface area contributed by atoms with E-state index in [1.807, 2.05) is 13.8 Å². The first-order valence-corrected chi connectivity index (χ1v) is 12.4. The Morgan fingerprint density at radius 3 is 2.48 bits per heavy atom. The smallest absolute Gasteiger partial charge is 0.264 e. The van der Waals surface area contributed by atoms with Crippen molar-refractivity contribution < 1.29 is 17.9 Å². The molecular formula is C24H30N2O4S. The molecule has 0 radical (unpaired) electrons. The summed E-state index contributed by atoms with van der Waals surface area (Å²) in [4.78, 5) is 13.2. The lowest BCUT2D eigenvalue weighted by Crippen LogP contribution is -2.46. The number of fused-ring (bicyclic) bond motifs is 2. The van der Waals surface area contributed by atoms with E-state index in [0.717, 1.165) is 18.4 Å². The molecule has 2 aromatic carbocycles. The maximum atomic E-state index is 13.6. The Bertz CT molecular complexity index is 1040. The summed E-state index contributed by atoms with van der Waals surface area (Å²) >= 11 is 0. The van der Waals surface area contributed by atoms with Gasteiger partial charge in [-0.25, -0.2) is 8.42 Å². The first-order chi connectivity index (χ1) is 14.9. The molecule has 0 spiro atoms. The van der Waals surface area contributed by atoms with Crippen LogP contribution in [0.4, 0.5) is 5.69 Å². The van der Waals surface area contributed by atoms with E-state index in [1.165, 1.54) is 17.1 Å². The molecule has 2 aromatic rings. The molecule has 0 saturated heterocycles. The summed E-state index contributed by atoms with van der Waals surface area (Å²) in [6.45, 7) is 3.86. The Labute approximate surface area is 184 Å². The van der Waals surface area contributed by atoms with Crippen molar-refractivity contribution in [1.29, 1.82) is 0 Å². The van der Waals surface area contributed by atoms with E-state index in [9.17, 15) is 13.2 Å². The number of sulfonamides is 1. The number of ether oxygens (including phenoxy) is 1. The number of aryl methyl sites for hydroxylation is 1. The summed E-state index contributed by atoms with van der Waals surface area (Å²) in [5.41, 5.74) is 1.34. The van der Waals surface area contributed by atoms with Crippen molar-refractivity contribution in [2.45, 2.75) is 50.5 Å². The van der Waals surface area contributed by atoms with Gasteiger partial charge in [-0.05, 0) is 69.2 Å². The van der Waals surface area contributed by atoms with Crippen LogP contribution in [-0.2, 0) is 14.8 Å². The number of carbonyl (C=O) groups excluding carboxylic acids is 1. The van der Waals surface area contributed by atoms with Gasteiger partial charge < -0.3 is 10.1 Å². The lowest BCUT2D eigenvalue weighted by molar-refractivity contribution is -0.120. The number of carbonyl (C=O) groups is 1. The number of hydrogen-bond acceptors (Lipinski definition) is 4. The molecule has 0 aliphatic heterocycles. The van der Waals surface area contributed by atoms with Gasteiger partial charge in [0.05, 0.1) is 17.2 Å². The van der Waals surface area contributed by atoms with Crippen LogP contribution < -0.4 is 14.4 Å². The number of rotatable bonds is 8. The number of hydrogen-bond donors (Lipinski definition) is 1. The summed E-state index contributed by atoms with van der Waals surface area (Å²) in [5, 5.41) is 3.11. The van der Waals surface area contributed by atoms with Crippen molar-refractivity contribution >= 4 is 21.6 Å². The van der Waals surface area contributed by atoms with Gasteiger partial charge in [0.2, 0.25) is 5.91 Å². The molecule has 0 unspecified atom stereocenters. The molecule has 166 valence electrons. The molecule has 3 atom stereocenters. The zero-order valence-electron chi connectivity index (χ0n) is 18.1. The molecule has 2 bridgehead atoms. The van der Waals surface area contributed by atoms with Crippen LogP contribution in [0.25, 0.3) is 0 Å². The van der Waals surface area contributed by atoms with Gasteiger partial charge in [0, 0.05) is 6.04 Å². The molecule has 2 aliphatic rings. The summed E-state index contributed by atoms with van der Waals surface area (Å²) < 4.78 is 34.0. The molecule has 0 heterocycles. The van der Waals surface area contributed by atoms with Crippen molar-refractivity contribution in [2.75, 3.05) is 17.5 Å². The average Bonchev–Trinajstić information content (AvgIpc) is 3.36. The molecule has 7 heteroatoms. The van der Waals surface area contributed by atoms with Gasteiger partial charge in [0.1, 0.15) is 12.3 Å². The van der Waals surface area contributed by atoms with E-state index in [-0.39, 0.29) is 23.4 Å². The SMILES string of the molecule is CCOc1ccccc1N(CC(=O)N[C@H]1C[C@@H]2CC[C@H]1C2)S(=O)(=O)c1ccc(C)cc1. The van der Waals surface area contributed by atoms with Crippen LogP contribution >= 0.6 is 0 Å². The molecule has 6 nitrogen and oxygen atoms in total. The Morgan fingerprint density at radius 1 is 1.10 bits per heavy atom. The Kier molecular flexibility index (Phi) is 6.23. The Morgan fingerprint density at radius 2 is 1.84 bits per heavy atom. The third-order valence-electron chi connectivity index (χ3n) is 6.41. The van der Waals surface area contributed by atoms with Crippen molar-refractivity contribution in [3.8, 4) is 5.75 Å². The van der Waals surface area contributed by atoms with Gasteiger partial charge in [0.25, 0.3) is 10.0 Å². The summed E-state index contributed by atoms with van der Waals surface area (Å²) in [5.74, 6) is 1.38. The number of amides is 1. The van der Waals surface area contributed by atoms with Crippen molar-refractivity contribution in [3.05, 3.63) is 54.1 Å². The highest BCUT2D eigenvalue weighted by molar-refractivity contribution is 7.92. The highest BCUT2D eigenvalue weighted by atomic mass is 32.2. The first-order valence-electron chi connectivity index (χ1n) is 11.0. The number of nitrogens with one attached hydrogen (secondary N) is 1. The predicted octanol–water partition coefficient (Wildman–Crippen LogP) is 3.89. The third-order valence-corrected chi connectivity index (χ3v) is 8.19. The summed E-state index contributed by atoms with van der Waals surface area (Å²) in [6.07, 6.45) is 4.56. The highest BCUT2D eigenvalue weighted by Gasteiger charge is 2.40. The monoisotopic (exact) mass is 442 g/mol. The molecule has 1 N–H and O–H groups in total. The van der Waals surface area contributed by atoms with Gasteiger partial charge >= 0.3 is 0 Å². The topological polar surface area (TPSA) is 75.7 Å². The standard InChI is InChI=1S/C24H30N2O4S/c1-3-30-23-7-5-4-6-22(23)26(31(28,29)20-12-8-17(2)9-13-20)16-24(27)25-21-15-18-10-11-19(21)14-18/h4-9,12-13,18-19,21H,3,10-11,14-16H2,1-2H3,(H,25,27)/t18-,19+,21+/m1/s1. The lowest BCUT2D eigenvalue weighted by atomic mass is 9.95. The molecule has 31 heavy (non-hydrogen) atoms. The van der Waals surface area contributed by atoms with E-state index >= 15 is 0 Å². The van der Waals surface area contributed by atoms with Crippen LogP contribution in [0.5, 0.6) is 5.75 Å². The Hall–Kier alpha value is -2.54. The number of benzene rings is 2. The summed E-state index contributed by atoms with van der Waals surface area (Å²) in [7, 11) is -3.96. The predicted molar refractivity (Wildman–Crippen MR) is 121 cm³/mol. The normalized spacial score (nSPS) is 22.3. The zero-order chi connectivity index (χ0) is 22.0. The van der Waals surface area contributed by atoms with Crippen LogP contribution in [0, 0.1) is 18.8 Å². The van der Waals surface area contributed by atoms with E-state index in [2.05, 4.69) is 5.32 Å². The minimum atomic E-state index is -3.96. The van der Waals surface area contributed by atoms with Gasteiger partial charge in [-0.15, -0.1) is 0 Å². The fraction of sp³-hybridized carbons (Fsp3) is 0.458. The zero-order valence-corrected chi connectivity index (χ0v) is 18.9. The number of para-hydroxylation sites is 2. The van der Waals surface area contributed by atoms with Crippen molar-refractivity contribution in [2.24, 2.45) is 11.8 Å². The minimum Gasteiger partial charge on any atom is -0.492 e. The molecule has 2 saturated carbocycles. The van der Waals surface area contributed by atoms with E-state index in [0.29, 0.717) is 29.9 Å². The number of nitrogens with zero attached hydrogens (tertiary/aromatic N) is 1. The van der Waals surface area contributed by atoms with E-state index < -0.39 is 10.0 Å². The highest BCUT2D eigenvalue weighted by Crippen LogP contribution is 2.44. The van der Waals surface area contributed by atoms with Gasteiger partial charge in [-0.1, -0.05) is 36.2 Å². The fourth-order valence-corrected chi connectivity index (χ4v) is 6.31.